The summed E-state index contributed by atoms with van der Waals surface area (Å²) in [4.78, 5) is 16.0. The molecule has 0 saturated carbocycles. The summed E-state index contributed by atoms with van der Waals surface area (Å²) in [5, 5.41) is 23.4. The van der Waals surface area contributed by atoms with E-state index in [-0.39, 0.29) is 11.5 Å². The molecule has 0 aliphatic carbocycles. The molecule has 0 aliphatic rings. The Kier molecular flexibility index (Phi) is 6.87. The van der Waals surface area contributed by atoms with E-state index in [4.69, 9.17) is 16.3 Å². The lowest BCUT2D eigenvalue weighted by Crippen LogP contribution is -2.35. The molecule has 0 bridgehead atoms. The van der Waals surface area contributed by atoms with Gasteiger partial charge in [0, 0.05) is 22.4 Å². The quantitative estimate of drug-likeness (QED) is 0.307. The van der Waals surface area contributed by atoms with E-state index >= 15 is 0 Å². The van der Waals surface area contributed by atoms with Crippen LogP contribution in [0.2, 0.25) is 5.02 Å². The highest BCUT2D eigenvalue weighted by molar-refractivity contribution is 6.30. The van der Waals surface area contributed by atoms with Crippen LogP contribution in [-0.2, 0) is 5.60 Å². The van der Waals surface area contributed by atoms with E-state index in [0.717, 1.165) is 17.4 Å². The summed E-state index contributed by atoms with van der Waals surface area (Å²) in [6.45, 7) is 2.07. The SMILES string of the molecule is CCC[C@H](c1ccc(C(=O)O)cc1)C(O)(c1ccc(Cl)cc1)c1cccc2nc(OC)ccc12. The van der Waals surface area contributed by atoms with Crippen LogP contribution in [0.4, 0.5) is 0 Å². The zero-order valence-corrected chi connectivity index (χ0v) is 19.8. The van der Waals surface area contributed by atoms with Gasteiger partial charge >= 0.3 is 5.97 Å². The summed E-state index contributed by atoms with van der Waals surface area (Å²) < 4.78 is 5.30. The fourth-order valence-corrected chi connectivity index (χ4v) is 4.72. The Morgan fingerprint density at radius 3 is 2.35 bits per heavy atom. The molecule has 4 aromatic rings. The van der Waals surface area contributed by atoms with E-state index in [1.54, 1.807) is 49.6 Å². The van der Waals surface area contributed by atoms with Gasteiger partial charge in [0.05, 0.1) is 18.2 Å². The van der Waals surface area contributed by atoms with Crippen molar-refractivity contribution in [1.82, 2.24) is 4.98 Å². The minimum absolute atomic E-state index is 0.204. The van der Waals surface area contributed by atoms with Gasteiger partial charge in [-0.3, -0.25) is 0 Å². The Balaban J connectivity index is 1.99. The van der Waals surface area contributed by atoms with Crippen LogP contribution >= 0.6 is 11.6 Å². The molecule has 6 heteroatoms. The Morgan fingerprint density at radius 2 is 1.74 bits per heavy atom. The number of fused-ring (bicyclic) bond motifs is 1. The predicted molar refractivity (Wildman–Crippen MR) is 134 cm³/mol. The van der Waals surface area contributed by atoms with E-state index < -0.39 is 11.6 Å². The van der Waals surface area contributed by atoms with E-state index in [0.29, 0.717) is 34.0 Å². The number of benzene rings is 3. The van der Waals surface area contributed by atoms with Crippen LogP contribution in [0, 0.1) is 0 Å². The molecule has 5 nitrogen and oxygen atoms in total. The largest absolute Gasteiger partial charge is 0.481 e. The van der Waals surface area contributed by atoms with Gasteiger partial charge in [0.1, 0.15) is 5.60 Å². The number of hydrogen-bond donors (Lipinski definition) is 2. The third-order valence-corrected chi connectivity index (χ3v) is 6.50. The van der Waals surface area contributed by atoms with Crippen molar-refractivity contribution in [3.8, 4) is 5.88 Å². The number of carboxylic acid groups (broad SMARTS) is 1. The number of aromatic carboxylic acids is 1. The monoisotopic (exact) mass is 475 g/mol. The van der Waals surface area contributed by atoms with Crippen LogP contribution in [0.15, 0.2) is 78.9 Å². The summed E-state index contributed by atoms with van der Waals surface area (Å²) in [5.41, 5.74) is 1.74. The maximum atomic E-state index is 12.7. The molecule has 34 heavy (non-hydrogen) atoms. The Bertz CT molecular complexity index is 1300. The Morgan fingerprint density at radius 1 is 1.03 bits per heavy atom. The van der Waals surface area contributed by atoms with Gasteiger partial charge in [0.15, 0.2) is 0 Å². The summed E-state index contributed by atoms with van der Waals surface area (Å²) in [6, 6.07) is 23.3. The van der Waals surface area contributed by atoms with Crippen LogP contribution in [0.1, 0.15) is 52.7 Å². The molecule has 0 saturated heterocycles. The smallest absolute Gasteiger partial charge is 0.335 e. The van der Waals surface area contributed by atoms with Crippen molar-refractivity contribution < 1.29 is 19.7 Å². The first-order valence-corrected chi connectivity index (χ1v) is 11.5. The zero-order chi connectivity index (χ0) is 24.3. The van der Waals surface area contributed by atoms with Crippen LogP contribution < -0.4 is 4.74 Å². The topological polar surface area (TPSA) is 79.7 Å². The second kappa shape index (κ2) is 9.84. The van der Waals surface area contributed by atoms with Crippen molar-refractivity contribution >= 4 is 28.5 Å². The van der Waals surface area contributed by atoms with Crippen molar-refractivity contribution in [2.75, 3.05) is 7.11 Å². The third kappa shape index (κ3) is 4.37. The minimum atomic E-state index is -1.43. The number of ether oxygens (including phenoxy) is 1. The number of hydrogen-bond acceptors (Lipinski definition) is 4. The average Bonchev–Trinajstić information content (AvgIpc) is 2.86. The number of aromatic nitrogens is 1. The zero-order valence-electron chi connectivity index (χ0n) is 19.0. The molecule has 0 spiro atoms. The normalized spacial score (nSPS) is 13.9. The highest BCUT2D eigenvalue weighted by atomic mass is 35.5. The molecule has 1 aromatic heterocycles. The number of pyridine rings is 1. The van der Waals surface area contributed by atoms with E-state index in [1.807, 2.05) is 36.4 Å². The van der Waals surface area contributed by atoms with Gasteiger partial charge in [0.2, 0.25) is 5.88 Å². The van der Waals surface area contributed by atoms with Crippen LogP contribution in [0.5, 0.6) is 5.88 Å². The molecular weight excluding hydrogens is 450 g/mol. The summed E-state index contributed by atoms with van der Waals surface area (Å²) in [7, 11) is 1.57. The van der Waals surface area contributed by atoms with Gasteiger partial charge in [-0.2, -0.15) is 0 Å². The third-order valence-electron chi connectivity index (χ3n) is 6.25. The van der Waals surface area contributed by atoms with Crippen molar-refractivity contribution in [1.29, 1.82) is 0 Å². The lowest BCUT2D eigenvalue weighted by Gasteiger charge is -2.38. The highest BCUT2D eigenvalue weighted by Crippen LogP contribution is 2.47. The van der Waals surface area contributed by atoms with Crippen LogP contribution in [0.3, 0.4) is 0 Å². The number of carboxylic acids is 1. The fourth-order valence-electron chi connectivity index (χ4n) is 4.59. The van der Waals surface area contributed by atoms with Crippen molar-refractivity contribution in [3.63, 3.8) is 0 Å². The van der Waals surface area contributed by atoms with Gasteiger partial charge in [-0.05, 0) is 59.5 Å². The molecule has 0 aliphatic heterocycles. The number of methoxy groups -OCH3 is 1. The molecule has 0 fully saturated rings. The van der Waals surface area contributed by atoms with Crippen LogP contribution in [0.25, 0.3) is 10.9 Å². The average molecular weight is 476 g/mol. The molecule has 2 N–H and O–H groups in total. The lowest BCUT2D eigenvalue weighted by molar-refractivity contribution is 0.0471. The first-order valence-electron chi connectivity index (χ1n) is 11.1. The molecule has 174 valence electrons. The molecule has 4 rings (SSSR count). The van der Waals surface area contributed by atoms with E-state index in [2.05, 4.69) is 11.9 Å². The van der Waals surface area contributed by atoms with Crippen molar-refractivity contribution in [2.24, 2.45) is 0 Å². The molecule has 1 unspecified atom stereocenters. The number of rotatable bonds is 8. The second-order valence-corrected chi connectivity index (χ2v) is 8.70. The summed E-state index contributed by atoms with van der Waals surface area (Å²) in [6.07, 6.45) is 1.49. The van der Waals surface area contributed by atoms with E-state index in [1.165, 1.54) is 0 Å². The Hall–Kier alpha value is -3.41. The van der Waals surface area contributed by atoms with Gasteiger partial charge in [-0.25, -0.2) is 9.78 Å². The second-order valence-electron chi connectivity index (χ2n) is 8.27. The number of halogens is 1. The number of nitrogens with zero attached hydrogens (tertiary/aromatic N) is 1. The molecule has 2 atom stereocenters. The Labute approximate surface area is 203 Å². The van der Waals surface area contributed by atoms with Crippen molar-refractivity contribution in [2.45, 2.75) is 31.3 Å². The van der Waals surface area contributed by atoms with Gasteiger partial charge < -0.3 is 14.9 Å². The summed E-state index contributed by atoms with van der Waals surface area (Å²) in [5.74, 6) is -0.844. The first-order chi connectivity index (χ1) is 16.4. The first kappa shape index (κ1) is 23.7. The number of aliphatic hydroxyl groups is 1. The minimum Gasteiger partial charge on any atom is -0.481 e. The maximum Gasteiger partial charge on any atom is 0.335 e. The molecular formula is C28H26ClNO4. The maximum absolute atomic E-state index is 12.7. The molecule has 0 amide bonds. The fraction of sp³-hybridized carbons (Fsp3) is 0.214. The molecule has 1 heterocycles. The summed E-state index contributed by atoms with van der Waals surface area (Å²) >= 11 is 6.18. The van der Waals surface area contributed by atoms with Gasteiger partial charge in [0.25, 0.3) is 0 Å². The predicted octanol–water partition coefficient (Wildman–Crippen LogP) is 6.41. The molecule has 0 radical (unpaired) electrons. The van der Waals surface area contributed by atoms with Gasteiger partial charge in [-0.15, -0.1) is 0 Å². The van der Waals surface area contributed by atoms with Gasteiger partial charge in [-0.1, -0.05) is 61.3 Å². The standard InChI is InChI=1S/C28H26ClNO4/c1-3-5-23(18-8-10-19(11-9-18)27(31)32)28(33,20-12-14-21(29)15-13-20)24-6-4-7-25-22(24)16-17-26(30-25)34-2/h4,6-17,23,33H,3,5H2,1-2H3,(H,31,32)/t23-,28?/m1/s1. The lowest BCUT2D eigenvalue weighted by atomic mass is 9.70. The van der Waals surface area contributed by atoms with E-state index in [9.17, 15) is 15.0 Å². The van der Waals surface area contributed by atoms with Crippen molar-refractivity contribution in [3.05, 3.63) is 106 Å². The van der Waals surface area contributed by atoms with Crippen LogP contribution in [-0.4, -0.2) is 28.3 Å². The number of carbonyl (C=O) groups is 1. The highest BCUT2D eigenvalue weighted by Gasteiger charge is 2.42. The molecule has 3 aromatic carbocycles.